The molecule has 0 atom stereocenters. The first-order valence-corrected chi connectivity index (χ1v) is 0.651. The third kappa shape index (κ3) is 2290. The minimum absolute atomic E-state index is 0. The van der Waals surface area contributed by atoms with E-state index in [1.54, 1.807) is 0 Å². The second kappa shape index (κ2) is 4.09. The van der Waals surface area contributed by atoms with Gasteiger partial charge in [0.2, 0.25) is 0 Å². The minimum Gasteiger partial charge on any atom is -0.450 e. The van der Waals surface area contributed by atoms with Gasteiger partial charge in [-0.3, -0.25) is 0 Å². The van der Waals surface area contributed by atoms with E-state index >= 15 is 0 Å². The molecule has 0 aromatic rings. The molecule has 3 nitrogen and oxygen atoms in total. The molecule has 2 N–H and O–H groups in total. The molecule has 0 bridgehead atoms. The fourth-order valence-electron chi connectivity index (χ4n) is 0. The van der Waals surface area contributed by atoms with Gasteiger partial charge in [0.1, 0.15) is 0 Å². The molecule has 0 amide bonds. The van der Waals surface area contributed by atoms with Crippen LogP contribution < -0.4 is 0 Å². The molecule has 0 aliphatic heterocycles. The molecule has 0 fully saturated rings. The van der Waals surface area contributed by atoms with Crippen molar-refractivity contribution in [3.05, 3.63) is 0 Å². The number of hydrogen-bond acceptors (Lipinski definition) is 1. The van der Waals surface area contributed by atoms with Gasteiger partial charge in [0.15, 0.2) is 0 Å². The second-order valence-corrected chi connectivity index (χ2v) is 0.283. The minimum atomic E-state index is -1.83. The topological polar surface area (TPSA) is 57.5 Å². The molecule has 0 rings (SSSR count). The Morgan fingerprint density at radius 1 is 1.40 bits per heavy atom. The summed E-state index contributed by atoms with van der Waals surface area (Å²) < 4.78 is 0. The summed E-state index contributed by atoms with van der Waals surface area (Å²) in [5, 5.41) is 13.9. The number of hydrogen-bond donors (Lipinski definition) is 2. The Bertz CT molecular complexity index is 29.9. The zero-order valence-corrected chi connectivity index (χ0v) is 4.80. The van der Waals surface area contributed by atoms with Crippen molar-refractivity contribution in [1.29, 1.82) is 0 Å². The SMILES string of the molecule is O=C(O)O.[Sb]. The fourth-order valence-corrected chi connectivity index (χ4v) is 0. The van der Waals surface area contributed by atoms with Crippen LogP contribution >= 0.6 is 0 Å². The molecule has 0 aliphatic carbocycles. The van der Waals surface area contributed by atoms with Gasteiger partial charge in [0.05, 0.1) is 0 Å². The summed E-state index contributed by atoms with van der Waals surface area (Å²) in [5.74, 6) is 0. The van der Waals surface area contributed by atoms with Crippen LogP contribution in [0.1, 0.15) is 0 Å². The van der Waals surface area contributed by atoms with Crippen molar-refractivity contribution >= 4 is 30.6 Å². The average molecular weight is 184 g/mol. The molecular formula is CH2O3Sb. The van der Waals surface area contributed by atoms with Gasteiger partial charge in [-0.1, -0.05) is 0 Å². The first-order chi connectivity index (χ1) is 1.73. The predicted molar refractivity (Wildman–Crippen MR) is 16.4 cm³/mol. The van der Waals surface area contributed by atoms with E-state index < -0.39 is 6.16 Å². The summed E-state index contributed by atoms with van der Waals surface area (Å²) >= 11 is 0. The number of rotatable bonds is 0. The summed E-state index contributed by atoms with van der Waals surface area (Å²) in [4.78, 5) is 8.56. The van der Waals surface area contributed by atoms with Gasteiger partial charge in [-0.15, -0.1) is 0 Å². The summed E-state index contributed by atoms with van der Waals surface area (Å²) in [6.45, 7) is 0. The quantitative estimate of drug-likeness (QED) is 0.514. The number of carbonyl (C=O) groups is 1. The Hall–Kier alpha value is 0.0882. The molecule has 0 heterocycles. The monoisotopic (exact) mass is 183 g/mol. The maximum Gasteiger partial charge on any atom is 0.503 e. The molecule has 0 unspecified atom stereocenters. The zero-order valence-electron chi connectivity index (χ0n) is 2.25. The van der Waals surface area contributed by atoms with Crippen molar-refractivity contribution in [2.75, 3.05) is 0 Å². The normalized spacial score (nSPS) is 4.80. The van der Waals surface area contributed by atoms with Crippen LogP contribution in [0, 0.1) is 0 Å². The smallest absolute Gasteiger partial charge is 0.450 e. The van der Waals surface area contributed by atoms with Crippen molar-refractivity contribution in [3.63, 3.8) is 0 Å². The van der Waals surface area contributed by atoms with Gasteiger partial charge in [-0.05, 0) is 0 Å². The van der Waals surface area contributed by atoms with Crippen molar-refractivity contribution in [3.8, 4) is 0 Å². The summed E-state index contributed by atoms with van der Waals surface area (Å²) in [5.41, 5.74) is 0. The molecule has 3 radical (unpaired) electrons. The summed E-state index contributed by atoms with van der Waals surface area (Å²) in [7, 11) is 0. The first-order valence-electron chi connectivity index (χ1n) is 0.651. The second-order valence-electron chi connectivity index (χ2n) is 0.283. The van der Waals surface area contributed by atoms with Crippen molar-refractivity contribution in [2.45, 2.75) is 0 Å². The van der Waals surface area contributed by atoms with Crippen LogP contribution in [0.4, 0.5) is 4.79 Å². The van der Waals surface area contributed by atoms with E-state index in [4.69, 9.17) is 15.0 Å². The van der Waals surface area contributed by atoms with Crippen LogP contribution in [-0.2, 0) is 0 Å². The van der Waals surface area contributed by atoms with Crippen molar-refractivity contribution < 1.29 is 15.0 Å². The van der Waals surface area contributed by atoms with Crippen molar-refractivity contribution in [2.24, 2.45) is 0 Å². The zero-order chi connectivity index (χ0) is 3.58. The predicted octanol–water partition coefficient (Wildman–Crippen LogP) is -0.158. The standard InChI is InChI=1S/CH2O3.Sb/c2-1(3)4;/h(H2,2,3,4);. The summed E-state index contributed by atoms with van der Waals surface area (Å²) in [6.07, 6.45) is -1.83. The van der Waals surface area contributed by atoms with Gasteiger partial charge < -0.3 is 10.2 Å². The van der Waals surface area contributed by atoms with Crippen LogP contribution in [0.2, 0.25) is 0 Å². The molecular weight excluding hydrogens is 182 g/mol. The first kappa shape index (κ1) is 8.92. The molecule has 0 spiro atoms. The molecule has 0 saturated heterocycles. The molecule has 0 aliphatic rings. The van der Waals surface area contributed by atoms with E-state index in [0.717, 1.165) is 0 Å². The van der Waals surface area contributed by atoms with Gasteiger partial charge in [0, 0.05) is 24.4 Å². The van der Waals surface area contributed by atoms with Crippen LogP contribution in [0.5, 0.6) is 0 Å². The Labute approximate surface area is 46.1 Å². The fraction of sp³-hybridized carbons (Fsp3) is 0. The van der Waals surface area contributed by atoms with Gasteiger partial charge in [0.25, 0.3) is 0 Å². The van der Waals surface area contributed by atoms with E-state index in [9.17, 15) is 0 Å². The van der Waals surface area contributed by atoms with Crippen LogP contribution in [0.3, 0.4) is 0 Å². The van der Waals surface area contributed by atoms with E-state index in [1.807, 2.05) is 0 Å². The number of carboxylic acid groups (broad SMARTS) is 2. The molecule has 5 heavy (non-hydrogen) atoms. The average Bonchev–Trinajstić information content (AvgIpc) is 0.811. The van der Waals surface area contributed by atoms with E-state index in [1.165, 1.54) is 0 Å². The molecule has 29 valence electrons. The maximum absolute atomic E-state index is 8.56. The van der Waals surface area contributed by atoms with E-state index in [0.29, 0.717) is 0 Å². The van der Waals surface area contributed by atoms with Gasteiger partial charge >= 0.3 is 6.16 Å². The van der Waals surface area contributed by atoms with Crippen LogP contribution in [-0.4, -0.2) is 40.8 Å². The van der Waals surface area contributed by atoms with Gasteiger partial charge in [-0.25, -0.2) is 4.79 Å². The van der Waals surface area contributed by atoms with Gasteiger partial charge in [-0.2, -0.15) is 0 Å². The Morgan fingerprint density at radius 2 is 1.40 bits per heavy atom. The molecule has 0 aromatic carbocycles. The molecule has 0 aromatic heterocycles. The molecule has 0 saturated carbocycles. The van der Waals surface area contributed by atoms with Crippen LogP contribution in [0.15, 0.2) is 0 Å². The van der Waals surface area contributed by atoms with E-state index in [-0.39, 0.29) is 24.4 Å². The maximum atomic E-state index is 8.56. The van der Waals surface area contributed by atoms with Crippen LogP contribution in [0.25, 0.3) is 0 Å². The Kier molecular flexibility index (Phi) is 7.29. The third-order valence-corrected chi connectivity index (χ3v) is 0. The van der Waals surface area contributed by atoms with Crippen molar-refractivity contribution in [1.82, 2.24) is 0 Å². The third-order valence-electron chi connectivity index (χ3n) is 0. The van der Waals surface area contributed by atoms with E-state index in [2.05, 4.69) is 0 Å². The Balaban J connectivity index is 0. The Morgan fingerprint density at radius 3 is 1.40 bits per heavy atom. The molecule has 4 heteroatoms. The summed E-state index contributed by atoms with van der Waals surface area (Å²) in [6, 6.07) is 0. The largest absolute Gasteiger partial charge is 0.503 e.